The Hall–Kier alpha value is -4.17. The molecule has 0 radical (unpaired) electrons. The van der Waals surface area contributed by atoms with E-state index in [2.05, 4.69) is 15.6 Å². The number of rotatable bonds is 7. The van der Waals surface area contributed by atoms with Crippen molar-refractivity contribution in [2.45, 2.75) is 32.0 Å². The number of anilines is 2. The number of nitrogens with zero attached hydrogens (tertiary/aromatic N) is 3. The lowest BCUT2D eigenvalue weighted by Gasteiger charge is -2.29. The highest BCUT2D eigenvalue weighted by molar-refractivity contribution is 7.99. The Balaban J connectivity index is 1.46. The standard InChI is InChI=1S/C29H27N5O2S/c1-18-13-15-21(16-14-18)24(35)17-37-29-32-28-30-20(3)25(27(36)31-22-10-5-4-6-11-22)26(34(28)33-29)23-12-8-7-9-19(23)2/h4-16,26H,17H2,1-3H3,(H,31,36)(H,30,32,33). The van der Waals surface area contributed by atoms with Crippen LogP contribution in [-0.2, 0) is 4.79 Å². The van der Waals surface area contributed by atoms with E-state index >= 15 is 0 Å². The van der Waals surface area contributed by atoms with Gasteiger partial charge in [-0.1, -0.05) is 84.1 Å². The van der Waals surface area contributed by atoms with Crippen LogP contribution in [0.5, 0.6) is 0 Å². The highest BCUT2D eigenvalue weighted by atomic mass is 32.2. The van der Waals surface area contributed by atoms with Crippen LogP contribution in [0.2, 0.25) is 0 Å². The lowest BCUT2D eigenvalue weighted by Crippen LogP contribution is -2.31. The van der Waals surface area contributed by atoms with E-state index in [1.807, 2.05) is 99.6 Å². The molecule has 0 aliphatic carbocycles. The molecule has 2 N–H and O–H groups in total. The van der Waals surface area contributed by atoms with Crippen LogP contribution in [0.15, 0.2) is 95.3 Å². The molecule has 1 unspecified atom stereocenters. The summed E-state index contributed by atoms with van der Waals surface area (Å²) in [6.07, 6.45) is 0. The zero-order valence-electron chi connectivity index (χ0n) is 20.9. The van der Waals surface area contributed by atoms with Gasteiger partial charge in [-0.25, -0.2) is 4.68 Å². The molecule has 2 heterocycles. The van der Waals surface area contributed by atoms with E-state index in [0.717, 1.165) is 16.7 Å². The summed E-state index contributed by atoms with van der Waals surface area (Å²) in [7, 11) is 0. The number of para-hydroxylation sites is 1. The van der Waals surface area contributed by atoms with Gasteiger partial charge in [-0.2, -0.15) is 4.98 Å². The van der Waals surface area contributed by atoms with Crippen molar-refractivity contribution in [2.24, 2.45) is 0 Å². The average molecular weight is 510 g/mol. The summed E-state index contributed by atoms with van der Waals surface area (Å²) in [6.45, 7) is 5.88. The Morgan fingerprint density at radius 3 is 2.38 bits per heavy atom. The van der Waals surface area contributed by atoms with E-state index in [9.17, 15) is 9.59 Å². The topological polar surface area (TPSA) is 88.9 Å². The largest absolute Gasteiger partial charge is 0.328 e. The number of benzene rings is 3. The minimum absolute atomic E-state index is 0.0124. The monoisotopic (exact) mass is 509 g/mol. The molecule has 1 amide bonds. The van der Waals surface area contributed by atoms with Gasteiger partial charge in [0.25, 0.3) is 5.91 Å². The molecule has 1 aliphatic rings. The number of amides is 1. The van der Waals surface area contributed by atoms with Gasteiger partial charge in [-0.05, 0) is 44.0 Å². The lowest BCUT2D eigenvalue weighted by molar-refractivity contribution is -0.113. The number of nitrogens with one attached hydrogen (secondary N) is 2. The Morgan fingerprint density at radius 1 is 0.946 bits per heavy atom. The van der Waals surface area contributed by atoms with Crippen molar-refractivity contribution in [3.8, 4) is 0 Å². The molecule has 3 aromatic carbocycles. The quantitative estimate of drug-likeness (QED) is 0.242. The van der Waals surface area contributed by atoms with Gasteiger partial charge in [-0.15, -0.1) is 5.10 Å². The zero-order valence-corrected chi connectivity index (χ0v) is 21.7. The molecule has 1 aromatic heterocycles. The number of Topliss-reactive ketones (excluding diaryl/α,β-unsaturated/α-hetero) is 1. The van der Waals surface area contributed by atoms with Crippen LogP contribution >= 0.6 is 11.8 Å². The normalized spacial score (nSPS) is 14.6. The first-order chi connectivity index (χ1) is 17.9. The summed E-state index contributed by atoms with van der Waals surface area (Å²) in [6, 6.07) is 24.4. The van der Waals surface area contributed by atoms with Crippen LogP contribution in [0.4, 0.5) is 11.6 Å². The molecule has 37 heavy (non-hydrogen) atoms. The summed E-state index contributed by atoms with van der Waals surface area (Å²) in [4.78, 5) is 30.9. The van der Waals surface area contributed by atoms with Gasteiger partial charge in [0.1, 0.15) is 6.04 Å². The van der Waals surface area contributed by atoms with Crippen molar-refractivity contribution < 1.29 is 9.59 Å². The summed E-state index contributed by atoms with van der Waals surface area (Å²) >= 11 is 1.28. The van der Waals surface area contributed by atoms with Crippen molar-refractivity contribution in [3.63, 3.8) is 0 Å². The van der Waals surface area contributed by atoms with Crippen molar-refractivity contribution in [1.82, 2.24) is 14.8 Å². The van der Waals surface area contributed by atoms with Gasteiger partial charge in [0, 0.05) is 16.9 Å². The zero-order chi connectivity index (χ0) is 25.9. The lowest BCUT2D eigenvalue weighted by atomic mass is 9.92. The number of carbonyl (C=O) groups is 2. The molecular formula is C29H27N5O2S. The summed E-state index contributed by atoms with van der Waals surface area (Å²) in [5.41, 5.74) is 5.74. The Morgan fingerprint density at radius 2 is 1.65 bits per heavy atom. The van der Waals surface area contributed by atoms with Crippen LogP contribution in [0.3, 0.4) is 0 Å². The molecular weight excluding hydrogens is 482 g/mol. The van der Waals surface area contributed by atoms with Gasteiger partial charge in [0.2, 0.25) is 11.1 Å². The molecule has 1 aliphatic heterocycles. The fourth-order valence-corrected chi connectivity index (χ4v) is 5.06. The molecule has 5 rings (SSSR count). The first-order valence-electron chi connectivity index (χ1n) is 12.0. The minimum atomic E-state index is -0.476. The second-order valence-corrected chi connectivity index (χ2v) is 9.93. The van der Waals surface area contributed by atoms with Crippen LogP contribution < -0.4 is 10.6 Å². The highest BCUT2D eigenvalue weighted by Gasteiger charge is 2.35. The Labute approximate surface area is 220 Å². The van der Waals surface area contributed by atoms with Crippen LogP contribution in [0.25, 0.3) is 0 Å². The van der Waals surface area contributed by atoms with Crippen LogP contribution in [0, 0.1) is 13.8 Å². The van der Waals surface area contributed by atoms with Gasteiger partial charge in [-0.3, -0.25) is 9.59 Å². The third-order valence-corrected chi connectivity index (χ3v) is 7.14. The van der Waals surface area contributed by atoms with E-state index in [0.29, 0.717) is 33.6 Å². The predicted octanol–water partition coefficient (Wildman–Crippen LogP) is 5.80. The molecule has 0 saturated carbocycles. The van der Waals surface area contributed by atoms with Crippen LogP contribution in [-0.4, -0.2) is 32.2 Å². The third-order valence-electron chi connectivity index (χ3n) is 6.30. The van der Waals surface area contributed by atoms with Gasteiger partial charge in [0.15, 0.2) is 5.78 Å². The molecule has 7 nitrogen and oxygen atoms in total. The van der Waals surface area contributed by atoms with Crippen molar-refractivity contribution in [1.29, 1.82) is 0 Å². The number of ketones is 1. The molecule has 0 fully saturated rings. The first-order valence-corrected chi connectivity index (χ1v) is 13.0. The minimum Gasteiger partial charge on any atom is -0.328 e. The fraction of sp³-hybridized carbons (Fsp3) is 0.172. The number of aryl methyl sites for hydroxylation is 2. The molecule has 0 bridgehead atoms. The number of fused-ring (bicyclic) bond motifs is 1. The number of aromatic nitrogens is 3. The van der Waals surface area contributed by atoms with Gasteiger partial charge < -0.3 is 10.6 Å². The van der Waals surface area contributed by atoms with E-state index < -0.39 is 6.04 Å². The maximum atomic E-state index is 13.6. The first kappa shape index (κ1) is 24.5. The molecule has 0 saturated heterocycles. The predicted molar refractivity (Wildman–Crippen MR) is 147 cm³/mol. The number of hydrogen-bond donors (Lipinski definition) is 2. The van der Waals surface area contributed by atoms with Crippen molar-refractivity contribution >= 4 is 35.1 Å². The summed E-state index contributed by atoms with van der Waals surface area (Å²) in [5, 5.41) is 11.5. The highest BCUT2D eigenvalue weighted by Crippen LogP contribution is 2.38. The second-order valence-electron chi connectivity index (χ2n) is 8.98. The molecule has 4 aromatic rings. The summed E-state index contributed by atoms with van der Waals surface area (Å²) in [5.74, 6) is 0.551. The van der Waals surface area contributed by atoms with Crippen molar-refractivity contribution in [2.75, 3.05) is 16.4 Å². The maximum Gasteiger partial charge on any atom is 0.255 e. The number of allylic oxidation sites excluding steroid dienone is 1. The SMILES string of the molecule is CC1=C(C(=O)Nc2ccccc2)C(c2ccccc2C)n2nc(SCC(=O)c3ccc(C)cc3)nc2N1. The fourth-order valence-electron chi connectivity index (χ4n) is 4.34. The maximum absolute atomic E-state index is 13.6. The van der Waals surface area contributed by atoms with E-state index in [-0.39, 0.29) is 17.4 Å². The molecule has 8 heteroatoms. The Bertz CT molecular complexity index is 1490. The van der Waals surface area contributed by atoms with Crippen molar-refractivity contribution in [3.05, 3.63) is 112 Å². The van der Waals surface area contributed by atoms with E-state index in [1.165, 1.54) is 11.8 Å². The smallest absolute Gasteiger partial charge is 0.255 e. The molecule has 0 spiro atoms. The molecule has 186 valence electrons. The Kier molecular flexibility index (Phi) is 6.92. The van der Waals surface area contributed by atoms with E-state index in [4.69, 9.17) is 5.10 Å². The van der Waals surface area contributed by atoms with Gasteiger partial charge >= 0.3 is 0 Å². The average Bonchev–Trinajstić information content (AvgIpc) is 3.30. The molecule has 1 atom stereocenters. The number of carbonyl (C=O) groups excluding carboxylic acids is 2. The third kappa shape index (κ3) is 5.20. The number of hydrogen-bond acceptors (Lipinski definition) is 6. The van der Waals surface area contributed by atoms with E-state index in [1.54, 1.807) is 4.68 Å². The number of thioether (sulfide) groups is 1. The summed E-state index contributed by atoms with van der Waals surface area (Å²) < 4.78 is 1.74. The van der Waals surface area contributed by atoms with Gasteiger partial charge in [0.05, 0.1) is 11.3 Å². The van der Waals surface area contributed by atoms with Crippen LogP contribution in [0.1, 0.15) is 40.0 Å². The second kappa shape index (κ2) is 10.4.